The van der Waals surface area contributed by atoms with Gasteiger partial charge in [-0.05, 0) is 36.2 Å². The van der Waals surface area contributed by atoms with Crippen molar-refractivity contribution in [2.45, 2.75) is 17.6 Å². The van der Waals surface area contributed by atoms with E-state index in [1.807, 2.05) is 31.5 Å². The molecule has 0 radical (unpaired) electrons. The predicted molar refractivity (Wildman–Crippen MR) is 74.4 cm³/mol. The minimum atomic E-state index is 0.670. The highest BCUT2D eigenvalue weighted by molar-refractivity contribution is 7.98. The van der Waals surface area contributed by atoms with Crippen molar-refractivity contribution in [2.75, 3.05) is 5.73 Å². The Kier molecular flexibility index (Phi) is 3.92. The number of rotatable bonds is 3. The van der Waals surface area contributed by atoms with Gasteiger partial charge in [0.1, 0.15) is 0 Å². The number of benzene rings is 1. The van der Waals surface area contributed by atoms with Gasteiger partial charge in [-0.25, -0.2) is 0 Å². The number of pyridine rings is 1. The second-order valence-corrected chi connectivity index (χ2v) is 5.29. The lowest BCUT2D eigenvalue weighted by atomic mass is 10.2. The van der Waals surface area contributed by atoms with E-state index in [2.05, 4.69) is 11.1 Å². The van der Waals surface area contributed by atoms with Crippen LogP contribution in [0.15, 0.2) is 41.6 Å². The number of halogens is 1. The molecule has 88 valence electrons. The molecule has 1 heterocycles. The standard InChI is InChI=1S/C13H13ClN2S/c1-9-4-10(7-16-6-9)8-17-13-3-2-11(14)5-12(13)15/h2-7H,8,15H2,1H3. The monoisotopic (exact) mass is 264 g/mol. The molecular formula is C13H13ClN2S. The highest BCUT2D eigenvalue weighted by Gasteiger charge is 2.02. The van der Waals surface area contributed by atoms with Crippen LogP contribution in [0.3, 0.4) is 0 Å². The van der Waals surface area contributed by atoms with Crippen molar-refractivity contribution in [1.82, 2.24) is 4.98 Å². The van der Waals surface area contributed by atoms with Crippen molar-refractivity contribution in [3.8, 4) is 0 Å². The van der Waals surface area contributed by atoms with Gasteiger partial charge >= 0.3 is 0 Å². The Hall–Kier alpha value is -1.19. The van der Waals surface area contributed by atoms with E-state index < -0.39 is 0 Å². The van der Waals surface area contributed by atoms with E-state index in [-0.39, 0.29) is 0 Å². The van der Waals surface area contributed by atoms with E-state index in [1.165, 1.54) is 11.1 Å². The Morgan fingerprint density at radius 1 is 1.29 bits per heavy atom. The Bertz CT molecular complexity index is 529. The van der Waals surface area contributed by atoms with Crippen LogP contribution < -0.4 is 5.73 Å². The third-order valence-electron chi connectivity index (χ3n) is 2.30. The average molecular weight is 265 g/mol. The second kappa shape index (κ2) is 5.43. The topological polar surface area (TPSA) is 38.9 Å². The second-order valence-electron chi connectivity index (χ2n) is 3.84. The lowest BCUT2D eigenvalue weighted by Gasteiger charge is -2.06. The molecule has 0 fully saturated rings. The summed E-state index contributed by atoms with van der Waals surface area (Å²) in [6, 6.07) is 7.71. The molecule has 1 aromatic carbocycles. The van der Waals surface area contributed by atoms with Crippen LogP contribution in [0.2, 0.25) is 5.02 Å². The first-order valence-corrected chi connectivity index (χ1v) is 6.60. The van der Waals surface area contributed by atoms with Gasteiger partial charge in [0.2, 0.25) is 0 Å². The molecule has 0 aliphatic carbocycles. The molecule has 0 spiro atoms. The third-order valence-corrected chi connectivity index (χ3v) is 3.69. The van der Waals surface area contributed by atoms with Crippen molar-refractivity contribution in [2.24, 2.45) is 0 Å². The molecule has 0 saturated heterocycles. The maximum Gasteiger partial charge on any atom is 0.0467 e. The summed E-state index contributed by atoms with van der Waals surface area (Å²) in [4.78, 5) is 5.22. The Labute approximate surface area is 110 Å². The first-order chi connectivity index (χ1) is 8.15. The van der Waals surface area contributed by atoms with Crippen LogP contribution in [0.1, 0.15) is 11.1 Å². The van der Waals surface area contributed by atoms with Crippen molar-refractivity contribution in [3.05, 3.63) is 52.8 Å². The number of aryl methyl sites for hydroxylation is 1. The van der Waals surface area contributed by atoms with Crippen LogP contribution in [-0.4, -0.2) is 4.98 Å². The maximum atomic E-state index is 5.89. The fraction of sp³-hybridized carbons (Fsp3) is 0.154. The van der Waals surface area contributed by atoms with Gasteiger partial charge in [0.05, 0.1) is 0 Å². The molecule has 0 saturated carbocycles. The molecule has 2 aromatic rings. The fourth-order valence-corrected chi connectivity index (χ4v) is 2.56. The minimum absolute atomic E-state index is 0.670. The van der Waals surface area contributed by atoms with Crippen LogP contribution in [0, 0.1) is 6.92 Å². The summed E-state index contributed by atoms with van der Waals surface area (Å²) < 4.78 is 0. The smallest absolute Gasteiger partial charge is 0.0467 e. The van der Waals surface area contributed by atoms with Crippen molar-refractivity contribution < 1.29 is 0 Å². The molecule has 0 aliphatic rings. The maximum absolute atomic E-state index is 5.89. The summed E-state index contributed by atoms with van der Waals surface area (Å²) in [6.45, 7) is 2.04. The molecular weight excluding hydrogens is 252 g/mol. The van der Waals surface area contributed by atoms with E-state index in [9.17, 15) is 0 Å². The fourth-order valence-electron chi connectivity index (χ4n) is 1.51. The lowest BCUT2D eigenvalue weighted by molar-refractivity contribution is 1.20. The predicted octanol–water partition coefficient (Wildman–Crippen LogP) is 3.92. The summed E-state index contributed by atoms with van der Waals surface area (Å²) in [6.07, 6.45) is 3.73. The molecule has 0 amide bonds. The van der Waals surface area contributed by atoms with Gasteiger partial charge in [0, 0.05) is 33.8 Å². The van der Waals surface area contributed by atoms with Crippen molar-refractivity contribution >= 4 is 29.1 Å². The molecule has 0 unspecified atom stereocenters. The van der Waals surface area contributed by atoms with Crippen LogP contribution >= 0.6 is 23.4 Å². The van der Waals surface area contributed by atoms with Crippen LogP contribution in [-0.2, 0) is 5.75 Å². The number of nitrogens with zero attached hydrogens (tertiary/aromatic N) is 1. The quantitative estimate of drug-likeness (QED) is 0.675. The summed E-state index contributed by atoms with van der Waals surface area (Å²) in [5.74, 6) is 0.862. The largest absolute Gasteiger partial charge is 0.398 e. The molecule has 2 rings (SSSR count). The molecule has 2 nitrogen and oxygen atoms in total. The molecule has 0 bridgehead atoms. The van der Waals surface area contributed by atoms with Gasteiger partial charge in [0.25, 0.3) is 0 Å². The molecule has 1 aromatic heterocycles. The number of thioether (sulfide) groups is 1. The number of nitrogen functional groups attached to an aromatic ring is 1. The zero-order valence-electron chi connectivity index (χ0n) is 9.48. The van der Waals surface area contributed by atoms with Crippen molar-refractivity contribution in [3.63, 3.8) is 0 Å². The van der Waals surface area contributed by atoms with Crippen LogP contribution in [0.4, 0.5) is 5.69 Å². The van der Waals surface area contributed by atoms with E-state index in [0.717, 1.165) is 16.3 Å². The van der Waals surface area contributed by atoms with Gasteiger partial charge in [-0.15, -0.1) is 11.8 Å². The molecule has 2 N–H and O–H groups in total. The molecule has 17 heavy (non-hydrogen) atoms. The number of nitrogens with two attached hydrogens (primary N) is 1. The molecule has 0 aliphatic heterocycles. The van der Waals surface area contributed by atoms with E-state index in [0.29, 0.717) is 5.02 Å². The number of anilines is 1. The Balaban J connectivity index is 2.07. The number of hydrogen-bond donors (Lipinski definition) is 1. The summed E-state index contributed by atoms with van der Waals surface area (Å²) in [5, 5.41) is 0.670. The third kappa shape index (κ3) is 3.38. The zero-order valence-corrected chi connectivity index (χ0v) is 11.1. The molecule has 0 atom stereocenters. The normalized spacial score (nSPS) is 10.5. The van der Waals surface area contributed by atoms with Gasteiger partial charge in [-0.1, -0.05) is 17.7 Å². The van der Waals surface area contributed by atoms with E-state index in [1.54, 1.807) is 17.8 Å². The number of aromatic nitrogens is 1. The first-order valence-electron chi connectivity index (χ1n) is 5.23. The van der Waals surface area contributed by atoms with Gasteiger partial charge < -0.3 is 5.73 Å². The van der Waals surface area contributed by atoms with Gasteiger partial charge in [0.15, 0.2) is 0 Å². The minimum Gasteiger partial charge on any atom is -0.398 e. The van der Waals surface area contributed by atoms with E-state index in [4.69, 9.17) is 17.3 Å². The highest BCUT2D eigenvalue weighted by atomic mass is 35.5. The average Bonchev–Trinajstić information content (AvgIpc) is 2.28. The van der Waals surface area contributed by atoms with E-state index >= 15 is 0 Å². The Morgan fingerprint density at radius 2 is 2.12 bits per heavy atom. The summed E-state index contributed by atoms with van der Waals surface area (Å²) >= 11 is 7.55. The summed E-state index contributed by atoms with van der Waals surface area (Å²) in [5.41, 5.74) is 8.99. The summed E-state index contributed by atoms with van der Waals surface area (Å²) in [7, 11) is 0. The SMILES string of the molecule is Cc1cncc(CSc2ccc(Cl)cc2N)c1. The Morgan fingerprint density at radius 3 is 2.82 bits per heavy atom. The lowest BCUT2D eigenvalue weighted by Crippen LogP contribution is -1.89. The van der Waals surface area contributed by atoms with Crippen molar-refractivity contribution in [1.29, 1.82) is 0 Å². The first kappa shape index (κ1) is 12.3. The number of hydrogen-bond acceptors (Lipinski definition) is 3. The van der Waals surface area contributed by atoms with Crippen LogP contribution in [0.25, 0.3) is 0 Å². The highest BCUT2D eigenvalue weighted by Crippen LogP contribution is 2.30. The molecule has 4 heteroatoms. The van der Waals surface area contributed by atoms with Gasteiger partial charge in [-0.2, -0.15) is 0 Å². The zero-order chi connectivity index (χ0) is 12.3. The van der Waals surface area contributed by atoms with Crippen LogP contribution in [0.5, 0.6) is 0 Å². The van der Waals surface area contributed by atoms with Gasteiger partial charge in [-0.3, -0.25) is 4.98 Å².